The monoisotopic (exact) mass is 1180 g/mol. The predicted octanol–water partition coefficient (Wildman–Crippen LogP) is 3.35. The SMILES string of the molecule is CC(C)(C)OC(=O)NCCNC(=O)[C@H](CCNC(=O)[C@H](CNC(=O)[C@@H]1Cc2cccc(c2)-c2ccc(O)c(c2)C[C@H](NC(=O)OC(C)(C)C)C(=O)N[C@@H](C[C@@H](O)CNC(=O)OC(C)(C)C)C(=O)N1)NC(=O)OC(C)(C)C)NC(=O)OC(C)(C)C. The van der Waals surface area contributed by atoms with Gasteiger partial charge in [0.15, 0.2) is 0 Å². The summed E-state index contributed by atoms with van der Waals surface area (Å²) in [5.74, 6) is -4.73. The lowest BCUT2D eigenvalue weighted by molar-refractivity contribution is -0.133. The van der Waals surface area contributed by atoms with Gasteiger partial charge < -0.3 is 87.1 Å². The predicted molar refractivity (Wildman–Crippen MR) is 307 cm³/mol. The van der Waals surface area contributed by atoms with E-state index < -0.39 is 144 Å². The summed E-state index contributed by atoms with van der Waals surface area (Å²) in [5, 5.41) is 47.7. The first-order valence-electron chi connectivity index (χ1n) is 27.6. The summed E-state index contributed by atoms with van der Waals surface area (Å²) >= 11 is 0. The van der Waals surface area contributed by atoms with Gasteiger partial charge in [0.05, 0.1) is 6.10 Å². The zero-order chi connectivity index (χ0) is 63.5. The van der Waals surface area contributed by atoms with Gasteiger partial charge in [0, 0.05) is 52.0 Å². The first-order chi connectivity index (χ1) is 38.6. The minimum Gasteiger partial charge on any atom is -0.508 e. The fraction of sp³-hybridized carbons (Fsp3) is 0.614. The van der Waals surface area contributed by atoms with Gasteiger partial charge in [-0.05, 0) is 145 Å². The standard InChI is InChI=1S/C57H88N10O17/c1-53(2,3)80-48(75)60-24-23-59-43(70)37(65-50(77)82-55(7,8)9)21-22-58-45(72)41(67-52(79)84-57(13,14)15)31-61-44(71)38-26-32-17-16-18-33(25-32)34-19-20-42(69)35(27-34)28-39(66-51(78)83-56(10,11)12)46(73)64-40(47(74)63-38)29-36(68)30-62-49(76)81-54(4,5)6/h16-20,25,27,36-41,68-69H,21-24,26,28-31H2,1-15H3,(H,58,72)(H,59,70)(H,60,75)(H,61,71)(H,62,76)(H,63,74)(H,64,73)(H,65,77)(H,66,78)(H,67,79)/t36-,37+,38+,39+,40+,41+/m1/s1. The van der Waals surface area contributed by atoms with E-state index in [4.69, 9.17) is 23.7 Å². The zero-order valence-electron chi connectivity index (χ0n) is 50.9. The van der Waals surface area contributed by atoms with Crippen molar-refractivity contribution in [2.75, 3.05) is 32.7 Å². The summed E-state index contributed by atoms with van der Waals surface area (Å²) in [6.07, 6.45) is -7.55. The van der Waals surface area contributed by atoms with E-state index in [0.717, 1.165) is 0 Å². The van der Waals surface area contributed by atoms with Crippen molar-refractivity contribution in [3.63, 3.8) is 0 Å². The molecule has 0 aliphatic carbocycles. The van der Waals surface area contributed by atoms with Crippen molar-refractivity contribution in [3.8, 4) is 16.9 Å². The van der Waals surface area contributed by atoms with Crippen LogP contribution in [0.3, 0.4) is 0 Å². The zero-order valence-corrected chi connectivity index (χ0v) is 50.9. The number of phenols is 1. The normalized spacial score (nSPS) is 17.0. The van der Waals surface area contributed by atoms with Gasteiger partial charge in [-0.3, -0.25) is 24.0 Å². The molecule has 1 aliphatic rings. The number of aliphatic hydroxyl groups excluding tert-OH is 1. The lowest BCUT2D eigenvalue weighted by atomic mass is 9.96. The van der Waals surface area contributed by atoms with Crippen LogP contribution >= 0.6 is 0 Å². The number of phenolic OH excluding ortho intramolecular Hbond substituents is 1. The largest absolute Gasteiger partial charge is 0.508 e. The van der Waals surface area contributed by atoms with Gasteiger partial charge in [0.1, 0.15) is 64.0 Å². The Morgan fingerprint density at radius 1 is 0.548 bits per heavy atom. The Hall–Kier alpha value is -8.10. The highest BCUT2D eigenvalue weighted by Crippen LogP contribution is 2.29. The molecule has 84 heavy (non-hydrogen) atoms. The van der Waals surface area contributed by atoms with Crippen molar-refractivity contribution < 1.29 is 81.8 Å². The van der Waals surface area contributed by atoms with Crippen LogP contribution in [0.2, 0.25) is 0 Å². The van der Waals surface area contributed by atoms with Crippen LogP contribution in [-0.4, -0.2) is 167 Å². The topological polar surface area (TPSA) is 378 Å². The molecule has 0 saturated carbocycles. The summed E-state index contributed by atoms with van der Waals surface area (Å²) in [4.78, 5) is 135. The van der Waals surface area contributed by atoms with Crippen LogP contribution in [0.25, 0.3) is 11.1 Å². The first kappa shape index (κ1) is 70.2. The fourth-order valence-electron chi connectivity index (χ4n) is 7.73. The quantitative estimate of drug-likeness (QED) is 0.0752. The summed E-state index contributed by atoms with van der Waals surface area (Å²) in [7, 11) is 0. The van der Waals surface area contributed by atoms with Crippen molar-refractivity contribution in [1.29, 1.82) is 0 Å². The highest BCUT2D eigenvalue weighted by atomic mass is 16.6. The Kier molecular flexibility index (Phi) is 25.4. The van der Waals surface area contributed by atoms with Crippen molar-refractivity contribution in [2.45, 2.75) is 194 Å². The average Bonchev–Trinajstić information content (AvgIpc) is 3.60. The van der Waals surface area contributed by atoms with Crippen LogP contribution in [-0.2, 0) is 60.5 Å². The number of ether oxygens (including phenoxy) is 5. The number of aromatic hydroxyl groups is 1. The Balaban J connectivity index is 2.03. The van der Waals surface area contributed by atoms with Crippen LogP contribution < -0.4 is 53.2 Å². The lowest BCUT2D eigenvalue weighted by Crippen LogP contribution is -2.59. The molecule has 10 amide bonds. The molecule has 27 heteroatoms. The Bertz CT molecular complexity index is 2650. The Morgan fingerprint density at radius 3 is 1.63 bits per heavy atom. The molecular formula is C57H88N10O17. The second-order valence-electron chi connectivity index (χ2n) is 25.0. The molecule has 1 aliphatic heterocycles. The summed E-state index contributed by atoms with van der Waals surface area (Å²) < 4.78 is 26.7. The molecule has 27 nitrogen and oxygen atoms in total. The summed E-state index contributed by atoms with van der Waals surface area (Å²) in [6, 6.07) is 3.82. The van der Waals surface area contributed by atoms with Gasteiger partial charge in [-0.2, -0.15) is 0 Å². The second kappa shape index (κ2) is 30.5. The third-order valence-corrected chi connectivity index (χ3v) is 11.2. The van der Waals surface area contributed by atoms with Crippen molar-refractivity contribution in [3.05, 3.63) is 53.6 Å². The highest BCUT2D eigenvalue weighted by Gasteiger charge is 2.35. The van der Waals surface area contributed by atoms with E-state index in [1.54, 1.807) is 140 Å². The molecule has 0 aromatic heterocycles. The number of nitrogens with one attached hydrogen (secondary N) is 10. The molecule has 4 bridgehead atoms. The molecule has 6 atom stereocenters. The maximum atomic E-state index is 14.6. The molecule has 1 heterocycles. The van der Waals surface area contributed by atoms with E-state index in [2.05, 4.69) is 53.2 Å². The van der Waals surface area contributed by atoms with Crippen LogP contribution in [0.4, 0.5) is 24.0 Å². The number of benzene rings is 2. The number of amides is 10. The lowest BCUT2D eigenvalue weighted by Gasteiger charge is -2.28. The Labute approximate surface area is 490 Å². The summed E-state index contributed by atoms with van der Waals surface area (Å²) in [6.45, 7) is 22.8. The number of aliphatic hydroxyl groups is 1. The van der Waals surface area contributed by atoms with E-state index in [0.29, 0.717) is 16.7 Å². The van der Waals surface area contributed by atoms with E-state index in [9.17, 15) is 58.2 Å². The maximum absolute atomic E-state index is 14.6. The van der Waals surface area contributed by atoms with Crippen molar-refractivity contribution >= 4 is 60.0 Å². The van der Waals surface area contributed by atoms with Gasteiger partial charge in [0.25, 0.3) is 0 Å². The molecule has 0 spiro atoms. The van der Waals surface area contributed by atoms with Gasteiger partial charge in [-0.15, -0.1) is 0 Å². The fourth-order valence-corrected chi connectivity index (χ4v) is 7.73. The third-order valence-electron chi connectivity index (χ3n) is 11.2. The molecule has 2 aromatic rings. The average molecular weight is 1190 g/mol. The molecule has 3 rings (SSSR count). The minimum absolute atomic E-state index is 0.0390. The summed E-state index contributed by atoms with van der Waals surface area (Å²) in [5.41, 5.74) is -2.84. The number of carbonyl (C=O) groups excluding carboxylic acids is 10. The Morgan fingerprint density at radius 2 is 1.05 bits per heavy atom. The van der Waals surface area contributed by atoms with Gasteiger partial charge in [-0.25, -0.2) is 24.0 Å². The van der Waals surface area contributed by atoms with Gasteiger partial charge in [0.2, 0.25) is 29.5 Å². The number of carbonyl (C=O) groups is 10. The highest BCUT2D eigenvalue weighted by molar-refractivity contribution is 5.95. The first-order valence-corrected chi connectivity index (χ1v) is 27.6. The van der Waals surface area contributed by atoms with Gasteiger partial charge in [-0.1, -0.05) is 30.3 Å². The smallest absolute Gasteiger partial charge is 0.408 e. The van der Waals surface area contributed by atoms with Crippen molar-refractivity contribution in [2.24, 2.45) is 0 Å². The van der Waals surface area contributed by atoms with Crippen LogP contribution in [0, 0.1) is 0 Å². The number of rotatable bonds is 18. The molecular weight excluding hydrogens is 1100 g/mol. The number of hydrogen-bond acceptors (Lipinski definition) is 17. The molecule has 0 fully saturated rings. The molecule has 0 unspecified atom stereocenters. The maximum Gasteiger partial charge on any atom is 0.408 e. The number of alkyl carbamates (subject to hydrolysis) is 5. The third kappa shape index (κ3) is 27.8. The van der Waals surface area contributed by atoms with E-state index in [1.807, 2.05) is 0 Å². The van der Waals surface area contributed by atoms with Crippen LogP contribution in [0.1, 0.15) is 128 Å². The van der Waals surface area contributed by atoms with E-state index in [1.165, 1.54) is 6.07 Å². The molecule has 12 N–H and O–H groups in total. The van der Waals surface area contributed by atoms with Crippen molar-refractivity contribution in [1.82, 2.24) is 53.2 Å². The molecule has 468 valence electrons. The van der Waals surface area contributed by atoms with Gasteiger partial charge >= 0.3 is 30.5 Å². The van der Waals surface area contributed by atoms with E-state index in [-0.39, 0.29) is 50.2 Å². The minimum atomic E-state index is -1.69. The second-order valence-corrected chi connectivity index (χ2v) is 25.0. The molecule has 0 radical (unpaired) electrons. The number of fused-ring (bicyclic) bond motifs is 5. The van der Waals surface area contributed by atoms with Crippen LogP contribution in [0.5, 0.6) is 5.75 Å². The number of hydrogen-bond donors (Lipinski definition) is 12. The molecule has 0 saturated heterocycles. The van der Waals surface area contributed by atoms with Crippen LogP contribution in [0.15, 0.2) is 42.5 Å². The van der Waals surface area contributed by atoms with E-state index >= 15 is 0 Å². The molecule has 2 aromatic carbocycles.